The number of hydrogen-bond acceptors (Lipinski definition) is 4. The van der Waals surface area contributed by atoms with Gasteiger partial charge in [0, 0.05) is 22.0 Å². The molecule has 0 aliphatic carbocycles. The quantitative estimate of drug-likeness (QED) is 0.533. The zero-order valence-electron chi connectivity index (χ0n) is 15.0. The summed E-state index contributed by atoms with van der Waals surface area (Å²) in [4.78, 5) is 13.2. The maximum absolute atomic E-state index is 13.2. The highest BCUT2D eigenvalue weighted by Crippen LogP contribution is 2.43. The van der Waals surface area contributed by atoms with Gasteiger partial charge in [-0.25, -0.2) is 5.01 Å². The van der Waals surface area contributed by atoms with Crippen molar-refractivity contribution in [3.05, 3.63) is 100 Å². The molecule has 2 aliphatic heterocycles. The summed E-state index contributed by atoms with van der Waals surface area (Å²) in [6.07, 6.45) is -0.0316. The van der Waals surface area contributed by atoms with Crippen LogP contribution in [0.2, 0.25) is 0 Å². The van der Waals surface area contributed by atoms with Crippen molar-refractivity contribution in [1.29, 1.82) is 0 Å². The Morgan fingerprint density at radius 1 is 0.964 bits per heavy atom. The Balaban J connectivity index is 1.56. The number of Topliss-reactive ketones (excluding diaryl/α,β-unsaturated/α-hetero) is 1. The van der Waals surface area contributed by atoms with E-state index >= 15 is 0 Å². The lowest BCUT2D eigenvalue weighted by molar-refractivity contribution is -0.00455. The highest BCUT2D eigenvalue weighted by Gasteiger charge is 2.43. The monoisotopic (exact) mass is 432 g/mol. The minimum atomic E-state index is -0.768. The zero-order valence-corrected chi connectivity index (χ0v) is 16.5. The molecule has 0 radical (unpaired) electrons. The van der Waals surface area contributed by atoms with Gasteiger partial charge in [0.15, 0.2) is 0 Å². The van der Waals surface area contributed by atoms with E-state index in [0.717, 1.165) is 33.5 Å². The molecule has 0 amide bonds. The Kier molecular flexibility index (Phi) is 4.24. The smallest absolute Gasteiger partial charge is 0.251 e. The van der Waals surface area contributed by atoms with Gasteiger partial charge >= 0.3 is 0 Å². The largest absolute Gasteiger partial charge is 0.461 e. The van der Waals surface area contributed by atoms with Gasteiger partial charge in [-0.1, -0.05) is 76.6 Å². The number of halogens is 1. The molecule has 2 aliphatic rings. The van der Waals surface area contributed by atoms with E-state index < -0.39 is 6.23 Å². The van der Waals surface area contributed by atoms with E-state index in [0.29, 0.717) is 5.56 Å². The average molecular weight is 433 g/mol. The van der Waals surface area contributed by atoms with Gasteiger partial charge in [-0.15, -0.1) is 0 Å². The lowest BCUT2D eigenvalue weighted by atomic mass is 9.96. The Hall–Kier alpha value is -2.92. The maximum atomic E-state index is 13.2. The fourth-order valence-corrected chi connectivity index (χ4v) is 4.03. The normalized spacial score (nSPS) is 20.0. The third-order valence-electron chi connectivity index (χ3n) is 5.16. The van der Waals surface area contributed by atoms with Crippen molar-refractivity contribution >= 4 is 27.4 Å². The van der Waals surface area contributed by atoms with Gasteiger partial charge < -0.3 is 4.74 Å². The highest BCUT2D eigenvalue weighted by molar-refractivity contribution is 9.10. The van der Waals surface area contributed by atoms with Gasteiger partial charge in [-0.05, 0) is 23.8 Å². The lowest BCUT2D eigenvalue weighted by Crippen LogP contribution is -2.45. The van der Waals surface area contributed by atoms with E-state index in [1.165, 1.54) is 0 Å². The summed E-state index contributed by atoms with van der Waals surface area (Å²) < 4.78 is 7.15. The second-order valence-electron chi connectivity index (χ2n) is 6.89. The molecule has 0 fully saturated rings. The van der Waals surface area contributed by atoms with Crippen LogP contribution in [0.5, 0.6) is 5.75 Å². The van der Waals surface area contributed by atoms with E-state index in [2.05, 4.69) is 22.0 Å². The molecule has 0 saturated heterocycles. The van der Waals surface area contributed by atoms with Crippen molar-refractivity contribution in [1.82, 2.24) is 5.01 Å². The van der Waals surface area contributed by atoms with Crippen LogP contribution in [0.15, 0.2) is 88.4 Å². The summed E-state index contributed by atoms with van der Waals surface area (Å²) in [5.41, 5.74) is 3.71. The average Bonchev–Trinajstić information content (AvgIpc) is 3.19. The summed E-state index contributed by atoms with van der Waals surface area (Å²) in [6.45, 7) is 0. The maximum Gasteiger partial charge on any atom is 0.251 e. The van der Waals surface area contributed by atoms with Crippen molar-refractivity contribution in [2.75, 3.05) is 0 Å². The molecule has 2 atom stereocenters. The van der Waals surface area contributed by atoms with Gasteiger partial charge in [-0.3, -0.25) is 4.79 Å². The van der Waals surface area contributed by atoms with Gasteiger partial charge in [0.2, 0.25) is 5.78 Å². The second kappa shape index (κ2) is 6.91. The molecule has 3 aromatic carbocycles. The third-order valence-corrected chi connectivity index (χ3v) is 5.69. The fourth-order valence-electron chi connectivity index (χ4n) is 3.77. The summed E-state index contributed by atoms with van der Waals surface area (Å²) in [5, 5.41) is 6.65. The predicted molar refractivity (Wildman–Crippen MR) is 112 cm³/mol. The van der Waals surface area contributed by atoms with Crippen LogP contribution in [-0.2, 0) is 0 Å². The Bertz CT molecular complexity index is 1060. The Morgan fingerprint density at radius 2 is 1.68 bits per heavy atom. The second-order valence-corrected chi connectivity index (χ2v) is 7.81. The van der Waals surface area contributed by atoms with Crippen molar-refractivity contribution in [3.63, 3.8) is 0 Å². The molecule has 5 heteroatoms. The summed E-state index contributed by atoms with van der Waals surface area (Å²) in [6, 6.07) is 25.3. The SMILES string of the molecule is O=C(c1ccccc1)[C@H]1Oc2ccccc2[C@@H]2CC(c3ccc(Br)cc3)=NN12. The minimum absolute atomic E-state index is 0.0127. The van der Waals surface area contributed by atoms with Gasteiger partial charge in [0.05, 0.1) is 11.8 Å². The Labute approximate surface area is 171 Å². The molecule has 0 aromatic heterocycles. The number of benzene rings is 3. The number of carbonyl (C=O) groups excluding carboxylic acids is 1. The number of para-hydroxylation sites is 1. The molecule has 0 saturated carbocycles. The first-order chi connectivity index (χ1) is 13.7. The molecule has 5 rings (SSSR count). The number of nitrogens with zero attached hydrogens (tertiary/aromatic N) is 2. The summed E-state index contributed by atoms with van der Waals surface area (Å²) in [7, 11) is 0. The summed E-state index contributed by atoms with van der Waals surface area (Å²) >= 11 is 3.48. The summed E-state index contributed by atoms with van der Waals surface area (Å²) in [5.74, 6) is 0.672. The standard InChI is InChI=1S/C23H17BrN2O2/c24-17-12-10-15(11-13-17)19-14-20-18-8-4-5-9-21(18)28-23(26(20)25-19)22(27)16-6-2-1-3-7-16/h1-13,20,23H,14H2/t20-,23+/m0/s1. The predicted octanol–water partition coefficient (Wildman–Crippen LogP) is 5.20. The molecule has 2 heterocycles. The minimum Gasteiger partial charge on any atom is -0.461 e. The van der Waals surface area contributed by atoms with E-state index in [1.54, 1.807) is 0 Å². The van der Waals surface area contributed by atoms with Crippen LogP contribution < -0.4 is 4.74 Å². The molecule has 0 bridgehead atoms. The molecule has 4 nitrogen and oxygen atoms in total. The highest BCUT2D eigenvalue weighted by atomic mass is 79.9. The molecule has 3 aromatic rings. The number of carbonyl (C=O) groups is 1. The van der Waals surface area contributed by atoms with Gasteiger partial charge in [0.25, 0.3) is 6.23 Å². The molecule has 0 spiro atoms. The van der Waals surface area contributed by atoms with Crippen LogP contribution in [0.4, 0.5) is 0 Å². The lowest BCUT2D eigenvalue weighted by Gasteiger charge is -2.37. The van der Waals surface area contributed by atoms with Crippen molar-refractivity contribution in [2.24, 2.45) is 5.10 Å². The number of rotatable bonds is 3. The van der Waals surface area contributed by atoms with E-state index in [-0.39, 0.29) is 11.8 Å². The molecule has 0 N–H and O–H groups in total. The van der Waals surface area contributed by atoms with Crippen molar-refractivity contribution in [3.8, 4) is 5.75 Å². The van der Waals surface area contributed by atoms with Crippen LogP contribution >= 0.6 is 15.9 Å². The van der Waals surface area contributed by atoms with Crippen LogP contribution in [-0.4, -0.2) is 22.7 Å². The van der Waals surface area contributed by atoms with E-state index in [4.69, 9.17) is 9.84 Å². The fraction of sp³-hybridized carbons (Fsp3) is 0.130. The first-order valence-electron chi connectivity index (χ1n) is 9.17. The first kappa shape index (κ1) is 17.2. The zero-order chi connectivity index (χ0) is 19.1. The molecular formula is C23H17BrN2O2. The van der Waals surface area contributed by atoms with Crippen molar-refractivity contribution < 1.29 is 9.53 Å². The number of fused-ring (bicyclic) bond motifs is 3. The molecule has 138 valence electrons. The molecule has 0 unspecified atom stereocenters. The number of hydrazone groups is 1. The van der Waals surface area contributed by atoms with Gasteiger partial charge in [0.1, 0.15) is 5.75 Å². The number of hydrogen-bond donors (Lipinski definition) is 0. The van der Waals surface area contributed by atoms with E-state index in [9.17, 15) is 4.79 Å². The topological polar surface area (TPSA) is 41.9 Å². The van der Waals surface area contributed by atoms with Crippen LogP contribution in [0, 0.1) is 0 Å². The van der Waals surface area contributed by atoms with Crippen LogP contribution in [0.25, 0.3) is 0 Å². The van der Waals surface area contributed by atoms with Crippen LogP contribution in [0.3, 0.4) is 0 Å². The number of ketones is 1. The Morgan fingerprint density at radius 3 is 2.46 bits per heavy atom. The van der Waals surface area contributed by atoms with Crippen molar-refractivity contribution in [2.45, 2.75) is 18.7 Å². The number of ether oxygens (including phenoxy) is 1. The van der Waals surface area contributed by atoms with Gasteiger partial charge in [-0.2, -0.15) is 5.10 Å². The molecule has 28 heavy (non-hydrogen) atoms. The molecular weight excluding hydrogens is 416 g/mol. The van der Waals surface area contributed by atoms with E-state index in [1.807, 2.05) is 77.8 Å². The first-order valence-corrected chi connectivity index (χ1v) is 9.96. The third kappa shape index (κ3) is 2.92. The van der Waals surface area contributed by atoms with Crippen LogP contribution in [0.1, 0.15) is 33.9 Å².